The van der Waals surface area contributed by atoms with Crippen LogP contribution in [-0.2, 0) is 4.74 Å². The Balaban J connectivity index is 1.97. The maximum absolute atomic E-state index is 9.46. The van der Waals surface area contributed by atoms with Gasteiger partial charge in [0.15, 0.2) is 0 Å². The minimum absolute atomic E-state index is 0.0356. The maximum Gasteiger partial charge on any atom is 0.0660 e. The van der Waals surface area contributed by atoms with Crippen molar-refractivity contribution in [3.05, 3.63) is 0 Å². The SMILES string of the molecule is OC1CC2C3COC2C1C3. The zero-order valence-corrected chi connectivity index (χ0v) is 5.86. The monoisotopic (exact) mass is 140 g/mol. The second kappa shape index (κ2) is 1.56. The standard InChI is InChI=1S/C8H12O2/c9-7-2-5-4-1-6(7)8(5)10-3-4/h4-9H,1-3H2. The van der Waals surface area contributed by atoms with Crippen LogP contribution in [0.15, 0.2) is 0 Å². The summed E-state index contributed by atoms with van der Waals surface area (Å²) in [5.74, 6) is 2.03. The summed E-state index contributed by atoms with van der Waals surface area (Å²) in [6.45, 7) is 0.971. The highest BCUT2D eigenvalue weighted by Gasteiger charge is 2.57. The summed E-state index contributed by atoms with van der Waals surface area (Å²) in [5, 5.41) is 9.46. The Morgan fingerprint density at radius 1 is 1.20 bits per heavy atom. The highest BCUT2D eigenvalue weighted by atomic mass is 16.5. The molecule has 2 nitrogen and oxygen atoms in total. The Morgan fingerprint density at radius 2 is 2.10 bits per heavy atom. The van der Waals surface area contributed by atoms with Crippen LogP contribution in [0.1, 0.15) is 12.8 Å². The summed E-state index contributed by atoms with van der Waals surface area (Å²) >= 11 is 0. The molecular formula is C8H12O2. The Morgan fingerprint density at radius 3 is 2.70 bits per heavy atom. The van der Waals surface area contributed by atoms with Crippen LogP contribution < -0.4 is 0 Å². The molecule has 0 aromatic rings. The third kappa shape index (κ3) is 0.453. The average Bonchev–Trinajstić information content (AvgIpc) is 2.53. The summed E-state index contributed by atoms with van der Waals surface area (Å²) in [6.07, 6.45) is 2.66. The number of hydrogen-bond acceptors (Lipinski definition) is 2. The van der Waals surface area contributed by atoms with E-state index in [1.165, 1.54) is 6.42 Å². The predicted molar refractivity (Wildman–Crippen MR) is 35.5 cm³/mol. The molecule has 0 amide bonds. The van der Waals surface area contributed by atoms with Gasteiger partial charge in [0, 0.05) is 5.92 Å². The topological polar surface area (TPSA) is 29.5 Å². The molecule has 2 aliphatic carbocycles. The summed E-state index contributed by atoms with van der Waals surface area (Å²) in [4.78, 5) is 0. The number of aliphatic hydroxyl groups is 1. The first-order valence-electron chi connectivity index (χ1n) is 4.16. The summed E-state index contributed by atoms with van der Waals surface area (Å²) < 4.78 is 5.55. The maximum atomic E-state index is 9.46. The van der Waals surface area contributed by atoms with Crippen LogP contribution in [0.25, 0.3) is 0 Å². The van der Waals surface area contributed by atoms with E-state index < -0.39 is 0 Å². The lowest BCUT2D eigenvalue weighted by Gasteiger charge is -2.24. The molecule has 5 unspecified atom stereocenters. The zero-order chi connectivity index (χ0) is 6.72. The summed E-state index contributed by atoms with van der Waals surface area (Å²) in [5.41, 5.74) is 0. The highest BCUT2D eigenvalue weighted by molar-refractivity contribution is 5.05. The minimum atomic E-state index is -0.0356. The molecule has 0 aromatic carbocycles. The van der Waals surface area contributed by atoms with E-state index in [0.717, 1.165) is 24.9 Å². The van der Waals surface area contributed by atoms with E-state index in [-0.39, 0.29) is 6.10 Å². The van der Waals surface area contributed by atoms with Gasteiger partial charge in [0.1, 0.15) is 0 Å². The smallest absolute Gasteiger partial charge is 0.0660 e. The number of aliphatic hydroxyl groups excluding tert-OH is 1. The Bertz CT molecular complexity index is 165. The lowest BCUT2D eigenvalue weighted by atomic mass is 9.88. The zero-order valence-electron chi connectivity index (χ0n) is 5.86. The van der Waals surface area contributed by atoms with Gasteiger partial charge in [-0.25, -0.2) is 0 Å². The van der Waals surface area contributed by atoms with E-state index in [1.54, 1.807) is 0 Å². The molecular weight excluding hydrogens is 128 g/mol. The van der Waals surface area contributed by atoms with E-state index in [0.29, 0.717) is 12.0 Å². The Kier molecular flexibility index (Phi) is 0.868. The van der Waals surface area contributed by atoms with Gasteiger partial charge in [-0.3, -0.25) is 0 Å². The number of ether oxygens (including phenoxy) is 1. The molecule has 0 spiro atoms. The first-order valence-corrected chi connectivity index (χ1v) is 4.16. The minimum Gasteiger partial charge on any atom is -0.393 e. The fraction of sp³-hybridized carbons (Fsp3) is 1.00. The Labute approximate surface area is 60.2 Å². The molecule has 10 heavy (non-hydrogen) atoms. The van der Waals surface area contributed by atoms with Crippen LogP contribution in [0, 0.1) is 17.8 Å². The van der Waals surface area contributed by atoms with Gasteiger partial charge in [0.2, 0.25) is 0 Å². The molecule has 2 heteroatoms. The van der Waals surface area contributed by atoms with Crippen molar-refractivity contribution < 1.29 is 9.84 Å². The van der Waals surface area contributed by atoms with Gasteiger partial charge >= 0.3 is 0 Å². The third-order valence-corrected chi connectivity index (χ3v) is 3.54. The van der Waals surface area contributed by atoms with Crippen molar-refractivity contribution in [3.63, 3.8) is 0 Å². The van der Waals surface area contributed by atoms with Gasteiger partial charge in [-0.2, -0.15) is 0 Å². The van der Waals surface area contributed by atoms with Crippen molar-refractivity contribution >= 4 is 0 Å². The van der Waals surface area contributed by atoms with Gasteiger partial charge in [0.25, 0.3) is 0 Å². The lowest BCUT2D eigenvalue weighted by molar-refractivity contribution is -0.00717. The van der Waals surface area contributed by atoms with Crippen molar-refractivity contribution in [3.8, 4) is 0 Å². The van der Waals surface area contributed by atoms with Crippen LogP contribution >= 0.6 is 0 Å². The molecule has 1 N–H and O–H groups in total. The highest BCUT2D eigenvalue weighted by Crippen LogP contribution is 2.54. The quantitative estimate of drug-likeness (QED) is 0.528. The first kappa shape index (κ1) is 5.56. The second-order valence-electron chi connectivity index (χ2n) is 3.92. The van der Waals surface area contributed by atoms with Gasteiger partial charge in [0.05, 0.1) is 18.8 Å². The van der Waals surface area contributed by atoms with Gasteiger partial charge in [-0.15, -0.1) is 0 Å². The molecule has 2 saturated carbocycles. The molecule has 56 valence electrons. The lowest BCUT2D eigenvalue weighted by Crippen LogP contribution is -2.27. The second-order valence-corrected chi connectivity index (χ2v) is 3.92. The van der Waals surface area contributed by atoms with Crippen molar-refractivity contribution in [2.75, 3.05) is 6.61 Å². The predicted octanol–water partition coefficient (Wildman–Crippen LogP) is 0.402. The van der Waals surface area contributed by atoms with Crippen molar-refractivity contribution in [1.82, 2.24) is 0 Å². The Hall–Kier alpha value is -0.0800. The van der Waals surface area contributed by atoms with Crippen LogP contribution in [0.5, 0.6) is 0 Å². The average molecular weight is 140 g/mol. The van der Waals surface area contributed by atoms with Crippen LogP contribution in [-0.4, -0.2) is 23.9 Å². The molecule has 4 bridgehead atoms. The van der Waals surface area contributed by atoms with E-state index in [9.17, 15) is 5.11 Å². The molecule has 3 aliphatic rings. The van der Waals surface area contributed by atoms with E-state index >= 15 is 0 Å². The molecule has 1 saturated heterocycles. The van der Waals surface area contributed by atoms with E-state index in [1.807, 2.05) is 0 Å². The van der Waals surface area contributed by atoms with Crippen molar-refractivity contribution in [2.24, 2.45) is 17.8 Å². The van der Waals surface area contributed by atoms with Gasteiger partial charge in [-0.1, -0.05) is 0 Å². The van der Waals surface area contributed by atoms with Crippen molar-refractivity contribution in [1.29, 1.82) is 0 Å². The van der Waals surface area contributed by atoms with Crippen LogP contribution in [0.3, 0.4) is 0 Å². The van der Waals surface area contributed by atoms with E-state index in [4.69, 9.17) is 4.74 Å². The fourth-order valence-electron chi connectivity index (χ4n) is 3.07. The van der Waals surface area contributed by atoms with E-state index in [2.05, 4.69) is 0 Å². The van der Waals surface area contributed by atoms with Gasteiger partial charge < -0.3 is 9.84 Å². The van der Waals surface area contributed by atoms with Crippen LogP contribution in [0.4, 0.5) is 0 Å². The fourth-order valence-corrected chi connectivity index (χ4v) is 3.07. The molecule has 0 aromatic heterocycles. The molecule has 5 atom stereocenters. The largest absolute Gasteiger partial charge is 0.393 e. The molecule has 3 rings (SSSR count). The summed E-state index contributed by atoms with van der Waals surface area (Å²) in [6, 6.07) is 0. The molecule has 0 radical (unpaired) electrons. The number of hydrogen-bond donors (Lipinski definition) is 1. The normalized spacial score (nSPS) is 63.9. The van der Waals surface area contributed by atoms with Crippen LogP contribution in [0.2, 0.25) is 0 Å². The summed E-state index contributed by atoms with van der Waals surface area (Å²) in [7, 11) is 0. The third-order valence-electron chi connectivity index (χ3n) is 3.54. The number of rotatable bonds is 0. The molecule has 1 aliphatic heterocycles. The first-order chi connectivity index (χ1) is 4.86. The molecule has 3 fully saturated rings. The van der Waals surface area contributed by atoms with Gasteiger partial charge in [-0.05, 0) is 24.7 Å². The van der Waals surface area contributed by atoms with Crippen molar-refractivity contribution in [2.45, 2.75) is 25.0 Å². The molecule has 1 heterocycles.